The molecule has 0 aliphatic heterocycles. The van der Waals surface area contributed by atoms with Gasteiger partial charge in [-0.05, 0) is 23.3 Å². The summed E-state index contributed by atoms with van der Waals surface area (Å²) < 4.78 is 66.8. The maximum atomic E-state index is 12.2. The van der Waals surface area contributed by atoms with Gasteiger partial charge in [-0.25, -0.2) is 13.1 Å². The maximum Gasteiger partial charge on any atom is 0.573 e. The molecule has 2 rings (SSSR count). The van der Waals surface area contributed by atoms with E-state index in [9.17, 15) is 21.6 Å². The molecule has 2 aromatic rings. The number of nitrogens with one attached hydrogen (secondary N) is 2. The summed E-state index contributed by atoms with van der Waals surface area (Å²) in [6.07, 6.45) is -4.75. The van der Waals surface area contributed by atoms with E-state index in [4.69, 9.17) is 0 Å². The fourth-order valence-electron chi connectivity index (χ4n) is 2.15. The van der Waals surface area contributed by atoms with E-state index in [0.29, 0.717) is 5.56 Å². The Hall–Kier alpha value is -2.10. The Labute approximate surface area is 150 Å². The van der Waals surface area contributed by atoms with Crippen molar-refractivity contribution in [1.29, 1.82) is 0 Å². The van der Waals surface area contributed by atoms with Crippen molar-refractivity contribution in [3.05, 3.63) is 65.7 Å². The van der Waals surface area contributed by atoms with Gasteiger partial charge in [-0.15, -0.1) is 13.2 Å². The molecule has 0 aliphatic carbocycles. The third-order valence-corrected chi connectivity index (χ3v) is 4.67. The summed E-state index contributed by atoms with van der Waals surface area (Å²) >= 11 is 0. The molecule has 0 heterocycles. The van der Waals surface area contributed by atoms with Gasteiger partial charge in [0.1, 0.15) is 5.75 Å². The third-order valence-electron chi connectivity index (χ3n) is 3.35. The summed E-state index contributed by atoms with van der Waals surface area (Å²) in [5, 5.41) is 2.89. The second-order valence-electron chi connectivity index (χ2n) is 5.50. The average molecular weight is 388 g/mol. The number of benzene rings is 2. The van der Waals surface area contributed by atoms with Crippen molar-refractivity contribution in [2.24, 2.45) is 0 Å². The summed E-state index contributed by atoms with van der Waals surface area (Å²) in [7, 11) is -3.45. The van der Waals surface area contributed by atoms with Crippen LogP contribution in [0.25, 0.3) is 0 Å². The Morgan fingerprint density at radius 1 is 0.923 bits per heavy atom. The fourth-order valence-corrected chi connectivity index (χ4v) is 3.10. The maximum absolute atomic E-state index is 12.2. The minimum Gasteiger partial charge on any atom is -0.406 e. The standard InChI is InChI=1S/C17H19F3N2O3S/c18-17(19,20)25-16-8-4-7-15(11-16)12-21-9-10-26(23,24)22-13-14-5-2-1-3-6-14/h1-8,11,21-22H,9-10,12-13H2. The minimum absolute atomic E-state index is 0.140. The summed E-state index contributed by atoms with van der Waals surface area (Å²) in [6, 6.07) is 14.6. The molecule has 0 amide bonds. The van der Waals surface area contributed by atoms with Gasteiger partial charge in [-0.1, -0.05) is 42.5 Å². The highest BCUT2D eigenvalue weighted by Gasteiger charge is 2.31. The summed E-state index contributed by atoms with van der Waals surface area (Å²) in [4.78, 5) is 0. The van der Waals surface area contributed by atoms with Crippen molar-refractivity contribution in [3.8, 4) is 5.75 Å². The predicted octanol–water partition coefficient (Wildman–Crippen LogP) is 2.79. The molecule has 0 aliphatic rings. The Morgan fingerprint density at radius 2 is 1.62 bits per heavy atom. The van der Waals surface area contributed by atoms with Crippen LogP contribution in [-0.4, -0.2) is 27.1 Å². The second kappa shape index (κ2) is 9.02. The van der Waals surface area contributed by atoms with E-state index < -0.39 is 16.4 Å². The lowest BCUT2D eigenvalue weighted by Crippen LogP contribution is -2.31. The predicted molar refractivity (Wildman–Crippen MR) is 91.9 cm³/mol. The van der Waals surface area contributed by atoms with Gasteiger partial charge in [0, 0.05) is 19.6 Å². The van der Waals surface area contributed by atoms with Crippen LogP contribution in [0.2, 0.25) is 0 Å². The largest absolute Gasteiger partial charge is 0.573 e. The van der Waals surface area contributed by atoms with Gasteiger partial charge in [0.2, 0.25) is 10.0 Å². The van der Waals surface area contributed by atoms with Crippen molar-refractivity contribution >= 4 is 10.0 Å². The lowest BCUT2D eigenvalue weighted by Gasteiger charge is -2.11. The summed E-state index contributed by atoms with van der Waals surface area (Å²) in [5.74, 6) is -0.451. The molecule has 2 N–H and O–H groups in total. The first-order chi connectivity index (χ1) is 12.2. The summed E-state index contributed by atoms with van der Waals surface area (Å²) in [6.45, 7) is 0.595. The molecule has 0 bridgehead atoms. The zero-order valence-electron chi connectivity index (χ0n) is 13.8. The van der Waals surface area contributed by atoms with Crippen molar-refractivity contribution < 1.29 is 26.3 Å². The molecule has 142 valence electrons. The van der Waals surface area contributed by atoms with Crippen LogP contribution >= 0.6 is 0 Å². The normalized spacial score (nSPS) is 12.1. The Morgan fingerprint density at radius 3 is 2.31 bits per heavy atom. The first-order valence-electron chi connectivity index (χ1n) is 7.80. The van der Waals surface area contributed by atoms with Gasteiger partial charge in [-0.2, -0.15) is 0 Å². The van der Waals surface area contributed by atoms with Crippen LogP contribution < -0.4 is 14.8 Å². The van der Waals surface area contributed by atoms with Crippen molar-refractivity contribution in [2.45, 2.75) is 19.5 Å². The number of alkyl halides is 3. The Balaban J connectivity index is 1.75. The lowest BCUT2D eigenvalue weighted by atomic mass is 10.2. The van der Waals surface area contributed by atoms with Crippen LogP contribution in [0.1, 0.15) is 11.1 Å². The molecule has 0 radical (unpaired) electrons. The number of hydrogen-bond acceptors (Lipinski definition) is 4. The van der Waals surface area contributed by atoms with E-state index in [1.54, 1.807) is 6.07 Å². The molecule has 2 aromatic carbocycles. The molecule has 26 heavy (non-hydrogen) atoms. The molecule has 9 heteroatoms. The van der Waals surface area contributed by atoms with E-state index in [0.717, 1.165) is 5.56 Å². The van der Waals surface area contributed by atoms with Gasteiger partial charge in [0.25, 0.3) is 0 Å². The number of ether oxygens (including phenoxy) is 1. The first-order valence-corrected chi connectivity index (χ1v) is 9.45. The second-order valence-corrected chi connectivity index (χ2v) is 7.42. The highest BCUT2D eigenvalue weighted by molar-refractivity contribution is 7.89. The van der Waals surface area contributed by atoms with Gasteiger partial charge in [0.05, 0.1) is 5.75 Å². The molecule has 0 fully saturated rings. The first kappa shape index (κ1) is 20.2. The molecule has 0 saturated heterocycles. The Kier molecular flexibility index (Phi) is 7.01. The molecular formula is C17H19F3N2O3S. The molecule has 0 saturated carbocycles. The van der Waals surface area contributed by atoms with Gasteiger partial charge < -0.3 is 10.1 Å². The van der Waals surface area contributed by atoms with E-state index in [1.807, 2.05) is 30.3 Å². The molecule has 0 aromatic heterocycles. The van der Waals surface area contributed by atoms with Crippen LogP contribution in [0.3, 0.4) is 0 Å². The molecule has 0 spiro atoms. The molecule has 0 unspecified atom stereocenters. The number of rotatable bonds is 9. The van der Waals surface area contributed by atoms with Crippen LogP contribution in [-0.2, 0) is 23.1 Å². The minimum atomic E-state index is -4.75. The van der Waals surface area contributed by atoms with E-state index in [2.05, 4.69) is 14.8 Å². The van der Waals surface area contributed by atoms with E-state index >= 15 is 0 Å². The summed E-state index contributed by atoms with van der Waals surface area (Å²) in [5.41, 5.74) is 1.41. The van der Waals surface area contributed by atoms with Crippen molar-refractivity contribution in [1.82, 2.24) is 10.0 Å². The zero-order chi connectivity index (χ0) is 19.0. The zero-order valence-corrected chi connectivity index (χ0v) is 14.6. The van der Waals surface area contributed by atoms with Gasteiger partial charge in [0.15, 0.2) is 0 Å². The van der Waals surface area contributed by atoms with Crippen LogP contribution in [0, 0.1) is 0 Å². The quantitative estimate of drug-likeness (QED) is 0.649. The topological polar surface area (TPSA) is 67.4 Å². The smallest absolute Gasteiger partial charge is 0.406 e. The molecule has 5 nitrogen and oxygen atoms in total. The monoisotopic (exact) mass is 388 g/mol. The van der Waals surface area contributed by atoms with Crippen molar-refractivity contribution in [3.63, 3.8) is 0 Å². The van der Waals surface area contributed by atoms with Crippen molar-refractivity contribution in [2.75, 3.05) is 12.3 Å². The fraction of sp³-hybridized carbons (Fsp3) is 0.294. The van der Waals surface area contributed by atoms with Crippen LogP contribution in [0.4, 0.5) is 13.2 Å². The van der Waals surface area contributed by atoms with Gasteiger partial charge >= 0.3 is 6.36 Å². The SMILES string of the molecule is O=S(=O)(CCNCc1cccc(OC(F)(F)F)c1)NCc1ccccc1. The third kappa shape index (κ3) is 7.85. The van der Waals surface area contributed by atoms with Crippen LogP contribution in [0.15, 0.2) is 54.6 Å². The average Bonchev–Trinajstić information content (AvgIpc) is 2.57. The Bertz CT molecular complexity index is 796. The number of sulfonamides is 1. The highest BCUT2D eigenvalue weighted by atomic mass is 32.2. The number of halogens is 3. The van der Waals surface area contributed by atoms with Crippen LogP contribution in [0.5, 0.6) is 5.75 Å². The number of hydrogen-bond donors (Lipinski definition) is 2. The molecular weight excluding hydrogens is 369 g/mol. The lowest BCUT2D eigenvalue weighted by molar-refractivity contribution is -0.274. The van der Waals surface area contributed by atoms with Gasteiger partial charge in [-0.3, -0.25) is 0 Å². The van der Waals surface area contributed by atoms with E-state index in [1.165, 1.54) is 18.2 Å². The highest BCUT2D eigenvalue weighted by Crippen LogP contribution is 2.23. The van der Waals surface area contributed by atoms with E-state index in [-0.39, 0.29) is 31.1 Å². The molecule has 0 atom stereocenters.